The molecule has 0 saturated heterocycles. The number of thiol groups is 2. The van der Waals surface area contributed by atoms with Gasteiger partial charge in [-0.1, -0.05) is 24.3 Å². The summed E-state index contributed by atoms with van der Waals surface area (Å²) < 4.78 is 0. The van der Waals surface area contributed by atoms with Gasteiger partial charge < -0.3 is 16.0 Å². The first-order valence-electron chi connectivity index (χ1n) is 8.92. The van der Waals surface area contributed by atoms with Gasteiger partial charge in [0.15, 0.2) is 0 Å². The second-order valence-corrected chi connectivity index (χ2v) is 7.18. The van der Waals surface area contributed by atoms with Crippen molar-refractivity contribution in [1.82, 2.24) is 16.0 Å². The molecule has 0 heterocycles. The van der Waals surface area contributed by atoms with Crippen LogP contribution in [-0.4, -0.2) is 26.2 Å². The third-order valence-electron chi connectivity index (χ3n) is 3.95. The summed E-state index contributed by atoms with van der Waals surface area (Å²) in [6.07, 6.45) is 2.29. The number of halogens is 3. The highest BCUT2D eigenvalue weighted by Crippen LogP contribution is 2.08. The normalized spacial score (nSPS) is 9.79. The van der Waals surface area contributed by atoms with Crippen molar-refractivity contribution < 1.29 is 0 Å². The summed E-state index contributed by atoms with van der Waals surface area (Å²) in [7, 11) is 0. The van der Waals surface area contributed by atoms with Crippen LogP contribution in [0.1, 0.15) is 24.0 Å². The van der Waals surface area contributed by atoms with Crippen LogP contribution in [0.3, 0.4) is 0 Å². The summed E-state index contributed by atoms with van der Waals surface area (Å²) in [5, 5.41) is 10.4. The maximum Gasteiger partial charge on any atom is 0.0205 e. The number of benzene rings is 2. The zero-order valence-corrected chi connectivity index (χ0v) is 20.1. The molecule has 2 rings (SSSR count). The van der Waals surface area contributed by atoms with Crippen LogP contribution in [0, 0.1) is 0 Å². The van der Waals surface area contributed by atoms with Crippen LogP contribution in [0.5, 0.6) is 0 Å². The maximum absolute atomic E-state index is 4.30. The Morgan fingerprint density at radius 2 is 0.821 bits per heavy atom. The first kappa shape index (κ1) is 30.1. The van der Waals surface area contributed by atoms with Crippen molar-refractivity contribution in [3.05, 3.63) is 59.7 Å². The Labute approximate surface area is 199 Å². The minimum atomic E-state index is 0. The average molecular weight is 485 g/mol. The van der Waals surface area contributed by atoms with Crippen molar-refractivity contribution in [2.24, 2.45) is 0 Å². The molecule has 0 radical (unpaired) electrons. The van der Waals surface area contributed by atoms with Gasteiger partial charge in [0.1, 0.15) is 0 Å². The molecule has 0 aliphatic heterocycles. The van der Waals surface area contributed by atoms with Crippen molar-refractivity contribution in [3.63, 3.8) is 0 Å². The van der Waals surface area contributed by atoms with Crippen LogP contribution >= 0.6 is 62.5 Å². The lowest BCUT2D eigenvalue weighted by atomic mass is 10.2. The first-order chi connectivity index (χ1) is 12.2. The Morgan fingerprint density at radius 1 is 0.500 bits per heavy atom. The Hall–Kier alpha value is -0.110. The molecule has 0 saturated carbocycles. The highest BCUT2D eigenvalue weighted by Gasteiger charge is 1.94. The fraction of sp³-hybridized carbons (Fsp3) is 0.400. The summed E-state index contributed by atoms with van der Waals surface area (Å²) in [6.45, 7) is 6.04. The molecule has 0 fully saturated rings. The van der Waals surface area contributed by atoms with Gasteiger partial charge >= 0.3 is 0 Å². The van der Waals surface area contributed by atoms with Gasteiger partial charge in [0.25, 0.3) is 0 Å². The van der Waals surface area contributed by atoms with E-state index in [4.69, 9.17) is 0 Å². The number of rotatable bonds is 12. The van der Waals surface area contributed by atoms with Gasteiger partial charge in [0, 0.05) is 22.9 Å². The molecule has 3 nitrogen and oxygen atoms in total. The summed E-state index contributed by atoms with van der Waals surface area (Å²) in [6, 6.07) is 16.6. The van der Waals surface area contributed by atoms with E-state index in [1.54, 1.807) is 0 Å². The molecule has 0 amide bonds. The smallest absolute Gasteiger partial charge is 0.0205 e. The molecule has 0 spiro atoms. The summed E-state index contributed by atoms with van der Waals surface area (Å²) in [5.74, 6) is 0. The lowest BCUT2D eigenvalue weighted by Gasteiger charge is -2.08. The zero-order valence-electron chi connectivity index (χ0n) is 15.9. The fourth-order valence-corrected chi connectivity index (χ4v) is 2.79. The van der Waals surface area contributed by atoms with E-state index in [0.717, 1.165) is 61.9 Å². The van der Waals surface area contributed by atoms with Crippen LogP contribution in [0.4, 0.5) is 0 Å². The van der Waals surface area contributed by atoms with Crippen LogP contribution in [0.25, 0.3) is 0 Å². The summed E-state index contributed by atoms with van der Waals surface area (Å²) in [5.41, 5.74) is 2.61. The largest absolute Gasteiger partial charge is 0.317 e. The molecule has 8 heteroatoms. The first-order valence-corrected chi connectivity index (χ1v) is 9.81. The average Bonchev–Trinajstić information content (AvgIpc) is 2.63. The SMILES string of the molecule is Cl.Cl.Cl.Sc1ccc(CNCCCNCCCNCc2ccc(S)cc2)cc1. The van der Waals surface area contributed by atoms with Gasteiger partial charge in [0.05, 0.1) is 0 Å². The quantitative estimate of drug-likeness (QED) is 0.222. The van der Waals surface area contributed by atoms with Gasteiger partial charge in [-0.15, -0.1) is 62.5 Å². The lowest BCUT2D eigenvalue weighted by molar-refractivity contribution is 0.565. The van der Waals surface area contributed by atoms with Crippen LogP contribution in [-0.2, 0) is 13.1 Å². The second kappa shape index (κ2) is 18.9. The van der Waals surface area contributed by atoms with Crippen LogP contribution in [0.2, 0.25) is 0 Å². The van der Waals surface area contributed by atoms with Crippen LogP contribution < -0.4 is 16.0 Å². The molecule has 0 atom stereocenters. The third kappa shape index (κ3) is 14.0. The predicted octanol–water partition coefficient (Wildman–Crippen LogP) is 4.78. The van der Waals surface area contributed by atoms with Crippen molar-refractivity contribution in [1.29, 1.82) is 0 Å². The molecule has 160 valence electrons. The Kier molecular flexibility index (Phi) is 20.3. The fourth-order valence-electron chi connectivity index (χ4n) is 2.49. The molecule has 2 aromatic carbocycles. The number of hydrogen-bond donors (Lipinski definition) is 5. The van der Waals surface area contributed by atoms with E-state index < -0.39 is 0 Å². The molecule has 0 bridgehead atoms. The zero-order chi connectivity index (χ0) is 17.7. The molecule has 0 aromatic heterocycles. The van der Waals surface area contributed by atoms with E-state index in [2.05, 4.69) is 65.5 Å². The van der Waals surface area contributed by atoms with Gasteiger partial charge in [-0.3, -0.25) is 0 Å². The van der Waals surface area contributed by atoms with Crippen LogP contribution in [0.15, 0.2) is 58.3 Å². The summed E-state index contributed by atoms with van der Waals surface area (Å²) in [4.78, 5) is 2.02. The summed E-state index contributed by atoms with van der Waals surface area (Å²) >= 11 is 8.59. The molecule has 0 aliphatic rings. The van der Waals surface area contributed by atoms with E-state index >= 15 is 0 Å². The maximum atomic E-state index is 4.30. The number of nitrogens with one attached hydrogen (secondary N) is 3. The Bertz CT molecular complexity index is 545. The monoisotopic (exact) mass is 483 g/mol. The highest BCUT2D eigenvalue weighted by atomic mass is 35.5. The van der Waals surface area contributed by atoms with E-state index in [9.17, 15) is 0 Å². The lowest BCUT2D eigenvalue weighted by Crippen LogP contribution is -2.25. The predicted molar refractivity (Wildman–Crippen MR) is 135 cm³/mol. The van der Waals surface area contributed by atoms with E-state index in [-0.39, 0.29) is 37.2 Å². The van der Waals surface area contributed by atoms with Crippen molar-refractivity contribution in [2.75, 3.05) is 26.2 Å². The third-order valence-corrected chi connectivity index (χ3v) is 4.54. The van der Waals surface area contributed by atoms with Gasteiger partial charge in [-0.2, -0.15) is 0 Å². The molecule has 2 aromatic rings. The Balaban J connectivity index is 0. The van der Waals surface area contributed by atoms with Gasteiger partial charge in [-0.25, -0.2) is 0 Å². The second-order valence-electron chi connectivity index (χ2n) is 6.14. The van der Waals surface area contributed by atoms with E-state index in [0.29, 0.717) is 0 Å². The van der Waals surface area contributed by atoms with Crippen molar-refractivity contribution >= 4 is 62.5 Å². The standard InChI is InChI=1S/C20H29N3S2.3ClH/c24-19-7-3-17(4-8-19)15-22-13-1-11-21-12-2-14-23-16-18-5-9-20(25)10-6-18;;;/h3-10,21-25H,1-2,11-16H2;3*1H. The topological polar surface area (TPSA) is 36.1 Å². The van der Waals surface area contributed by atoms with Gasteiger partial charge in [-0.05, 0) is 74.4 Å². The van der Waals surface area contributed by atoms with E-state index in [1.807, 2.05) is 24.3 Å². The minimum absolute atomic E-state index is 0. The highest BCUT2D eigenvalue weighted by molar-refractivity contribution is 7.80. The molecule has 0 aliphatic carbocycles. The van der Waals surface area contributed by atoms with Crippen molar-refractivity contribution in [3.8, 4) is 0 Å². The van der Waals surface area contributed by atoms with Crippen molar-refractivity contribution in [2.45, 2.75) is 35.7 Å². The van der Waals surface area contributed by atoms with E-state index in [1.165, 1.54) is 11.1 Å². The molecule has 0 unspecified atom stereocenters. The molecular formula is C20H32Cl3N3S2. The minimum Gasteiger partial charge on any atom is -0.317 e. The molecular weight excluding hydrogens is 453 g/mol. The molecule has 3 N–H and O–H groups in total. The van der Waals surface area contributed by atoms with Gasteiger partial charge in [0.2, 0.25) is 0 Å². The Morgan fingerprint density at radius 3 is 1.18 bits per heavy atom. The molecule has 28 heavy (non-hydrogen) atoms. The number of hydrogen-bond acceptors (Lipinski definition) is 5.